The summed E-state index contributed by atoms with van der Waals surface area (Å²) >= 11 is 1.89. The van der Waals surface area contributed by atoms with Crippen molar-refractivity contribution in [2.45, 2.75) is 0 Å². The number of aromatic nitrogens is 1. The van der Waals surface area contributed by atoms with E-state index >= 15 is 0 Å². The molecule has 10 aromatic rings. The highest BCUT2D eigenvalue weighted by Crippen LogP contribution is 2.46. The van der Waals surface area contributed by atoms with E-state index in [1.807, 2.05) is 11.3 Å². The van der Waals surface area contributed by atoms with Crippen molar-refractivity contribution in [3.63, 3.8) is 0 Å². The van der Waals surface area contributed by atoms with Crippen LogP contribution >= 0.6 is 11.3 Å². The molecule has 0 radical (unpaired) electrons. The number of nitrogens with zero attached hydrogens (tertiary/aromatic N) is 1. The van der Waals surface area contributed by atoms with Gasteiger partial charge in [0.1, 0.15) is 11.2 Å². The quantitative estimate of drug-likeness (QED) is 0.200. The number of thiophene rings is 1. The third-order valence-electron chi connectivity index (χ3n) is 9.21. The van der Waals surface area contributed by atoms with Crippen molar-refractivity contribution >= 4 is 75.3 Å². The van der Waals surface area contributed by atoms with Crippen LogP contribution in [0.4, 0.5) is 0 Å². The Hall–Kier alpha value is -5.64. The van der Waals surface area contributed by atoms with E-state index in [0.29, 0.717) is 0 Å². The maximum Gasteiger partial charge on any atom is 0.136 e. The molecular formula is C42H25NOS. The van der Waals surface area contributed by atoms with Crippen LogP contribution in [-0.2, 0) is 0 Å². The molecule has 210 valence electrons. The van der Waals surface area contributed by atoms with Gasteiger partial charge < -0.3 is 8.98 Å². The first kappa shape index (κ1) is 24.8. The fourth-order valence-electron chi connectivity index (χ4n) is 7.16. The van der Waals surface area contributed by atoms with Crippen molar-refractivity contribution in [1.29, 1.82) is 0 Å². The predicted molar refractivity (Wildman–Crippen MR) is 192 cm³/mol. The van der Waals surface area contributed by atoms with Crippen LogP contribution in [0.3, 0.4) is 0 Å². The molecule has 3 heteroatoms. The van der Waals surface area contributed by atoms with Gasteiger partial charge >= 0.3 is 0 Å². The molecular weight excluding hydrogens is 567 g/mol. The zero-order chi connectivity index (χ0) is 29.5. The Balaban J connectivity index is 1.12. The number of hydrogen-bond acceptors (Lipinski definition) is 2. The molecule has 0 amide bonds. The van der Waals surface area contributed by atoms with E-state index in [2.05, 4.69) is 156 Å². The highest BCUT2D eigenvalue weighted by atomic mass is 32.1. The molecule has 10 rings (SSSR count). The van der Waals surface area contributed by atoms with Crippen molar-refractivity contribution in [3.8, 4) is 27.9 Å². The lowest BCUT2D eigenvalue weighted by Gasteiger charge is -2.10. The molecule has 0 unspecified atom stereocenters. The molecule has 3 heterocycles. The van der Waals surface area contributed by atoms with Gasteiger partial charge in [-0.25, -0.2) is 0 Å². The average molecular weight is 592 g/mol. The first-order valence-electron chi connectivity index (χ1n) is 15.3. The maximum atomic E-state index is 6.37. The summed E-state index contributed by atoms with van der Waals surface area (Å²) in [5, 5.41) is 7.41. The topological polar surface area (TPSA) is 18.1 Å². The van der Waals surface area contributed by atoms with Crippen molar-refractivity contribution in [2.24, 2.45) is 0 Å². The zero-order valence-electron chi connectivity index (χ0n) is 24.2. The van der Waals surface area contributed by atoms with Gasteiger partial charge in [-0.1, -0.05) is 109 Å². The Labute approximate surface area is 263 Å². The van der Waals surface area contributed by atoms with E-state index in [1.54, 1.807) is 0 Å². The number of fused-ring (bicyclic) bond motifs is 10. The van der Waals surface area contributed by atoms with Crippen LogP contribution in [0.2, 0.25) is 0 Å². The SMILES string of the molecule is c1ccc(-n2c3ccccc3c3sc4cccc(-c5ccc(-c6ccc7c(c6)oc6ccc8ccccc8c67)cc5)c4c32)cc1. The van der Waals surface area contributed by atoms with Gasteiger partial charge in [-0.3, -0.25) is 0 Å². The molecule has 0 atom stereocenters. The van der Waals surface area contributed by atoms with Crippen LogP contribution in [0.1, 0.15) is 0 Å². The molecule has 0 N–H and O–H groups in total. The molecule has 0 saturated heterocycles. The van der Waals surface area contributed by atoms with Crippen LogP contribution in [0.15, 0.2) is 156 Å². The van der Waals surface area contributed by atoms with Gasteiger partial charge in [-0.2, -0.15) is 0 Å². The van der Waals surface area contributed by atoms with Crippen molar-refractivity contribution in [2.75, 3.05) is 0 Å². The molecule has 7 aromatic carbocycles. The van der Waals surface area contributed by atoms with E-state index in [-0.39, 0.29) is 0 Å². The van der Waals surface area contributed by atoms with Crippen LogP contribution < -0.4 is 0 Å². The van der Waals surface area contributed by atoms with Crippen molar-refractivity contribution in [3.05, 3.63) is 152 Å². The van der Waals surface area contributed by atoms with Crippen molar-refractivity contribution < 1.29 is 4.42 Å². The lowest BCUT2D eigenvalue weighted by atomic mass is 9.97. The number of hydrogen-bond donors (Lipinski definition) is 0. The van der Waals surface area contributed by atoms with Gasteiger partial charge in [-0.15, -0.1) is 11.3 Å². The summed E-state index contributed by atoms with van der Waals surface area (Å²) in [6.45, 7) is 0. The highest BCUT2D eigenvalue weighted by molar-refractivity contribution is 7.26. The van der Waals surface area contributed by atoms with E-state index in [1.165, 1.54) is 69.7 Å². The number of rotatable bonds is 3. The smallest absolute Gasteiger partial charge is 0.136 e. The summed E-state index contributed by atoms with van der Waals surface area (Å²) in [6, 6.07) is 54.6. The predicted octanol–water partition coefficient (Wildman–Crippen LogP) is 12.4. The third kappa shape index (κ3) is 3.62. The van der Waals surface area contributed by atoms with E-state index in [0.717, 1.165) is 22.1 Å². The monoisotopic (exact) mass is 591 g/mol. The lowest BCUT2D eigenvalue weighted by molar-refractivity contribution is 0.669. The minimum atomic E-state index is 0.919. The summed E-state index contributed by atoms with van der Waals surface area (Å²) < 4.78 is 11.4. The van der Waals surface area contributed by atoms with Crippen LogP contribution in [0.25, 0.3) is 91.9 Å². The largest absolute Gasteiger partial charge is 0.456 e. The average Bonchev–Trinajstić information content (AvgIpc) is 3.77. The number of benzene rings is 7. The van der Waals surface area contributed by atoms with E-state index in [9.17, 15) is 0 Å². The minimum absolute atomic E-state index is 0.919. The molecule has 0 aliphatic carbocycles. The Morgan fingerprint density at radius 2 is 1.24 bits per heavy atom. The lowest BCUT2D eigenvalue weighted by Crippen LogP contribution is -1.93. The molecule has 3 aromatic heterocycles. The summed E-state index contributed by atoms with van der Waals surface area (Å²) in [5.41, 5.74) is 10.3. The fourth-order valence-corrected chi connectivity index (χ4v) is 8.41. The molecule has 0 bridgehead atoms. The van der Waals surface area contributed by atoms with Gasteiger partial charge in [0.25, 0.3) is 0 Å². The standard InChI is InChI=1S/C42H25NOS/c1-2-10-30(11-3-1)43-35-15-7-6-13-33(35)42-41(43)40-32(14-8-16-38(40)45-42)28-19-17-26(18-20-28)29-21-23-34-37(25-29)44-36-24-22-27-9-4-5-12-31(27)39(34)36/h1-25H. The van der Waals surface area contributed by atoms with Crippen LogP contribution in [0.5, 0.6) is 0 Å². The molecule has 0 aliphatic heterocycles. The minimum Gasteiger partial charge on any atom is -0.456 e. The summed E-state index contributed by atoms with van der Waals surface area (Å²) in [5.74, 6) is 0. The van der Waals surface area contributed by atoms with Gasteiger partial charge in [0.05, 0.1) is 15.7 Å². The zero-order valence-corrected chi connectivity index (χ0v) is 25.0. The van der Waals surface area contributed by atoms with Gasteiger partial charge in [0, 0.05) is 31.9 Å². The Kier molecular flexibility index (Phi) is 5.19. The summed E-state index contributed by atoms with van der Waals surface area (Å²) in [7, 11) is 0. The second kappa shape index (κ2) is 9.43. The van der Waals surface area contributed by atoms with Crippen LogP contribution in [-0.4, -0.2) is 4.57 Å². The van der Waals surface area contributed by atoms with Gasteiger partial charge in [-0.05, 0) is 75.5 Å². The second-order valence-corrected chi connectivity index (χ2v) is 12.7. The van der Waals surface area contributed by atoms with Gasteiger partial charge in [0.15, 0.2) is 0 Å². The molecule has 0 saturated carbocycles. The Morgan fingerprint density at radius 1 is 0.489 bits per heavy atom. The molecule has 0 fully saturated rings. The Bertz CT molecular complexity index is 2740. The number of furan rings is 1. The maximum absolute atomic E-state index is 6.37. The molecule has 2 nitrogen and oxygen atoms in total. The fraction of sp³-hybridized carbons (Fsp3) is 0. The number of para-hydroxylation sites is 2. The summed E-state index contributed by atoms with van der Waals surface area (Å²) in [6.07, 6.45) is 0. The second-order valence-electron chi connectivity index (χ2n) is 11.7. The molecule has 0 spiro atoms. The van der Waals surface area contributed by atoms with E-state index < -0.39 is 0 Å². The van der Waals surface area contributed by atoms with Crippen molar-refractivity contribution in [1.82, 2.24) is 4.57 Å². The molecule has 0 aliphatic rings. The third-order valence-corrected chi connectivity index (χ3v) is 10.4. The van der Waals surface area contributed by atoms with Gasteiger partial charge in [0.2, 0.25) is 0 Å². The normalized spacial score (nSPS) is 12.0. The Morgan fingerprint density at radius 3 is 2.13 bits per heavy atom. The summed E-state index contributed by atoms with van der Waals surface area (Å²) in [4.78, 5) is 0. The van der Waals surface area contributed by atoms with Crippen LogP contribution in [0, 0.1) is 0 Å². The molecule has 45 heavy (non-hydrogen) atoms. The first-order valence-corrected chi connectivity index (χ1v) is 16.1. The first-order chi connectivity index (χ1) is 22.3. The highest BCUT2D eigenvalue weighted by Gasteiger charge is 2.20. The van der Waals surface area contributed by atoms with E-state index in [4.69, 9.17) is 4.42 Å².